The van der Waals surface area contributed by atoms with Crippen LogP contribution in [0.2, 0.25) is 0 Å². The fourth-order valence-corrected chi connectivity index (χ4v) is 7.22. The molecule has 43 heavy (non-hydrogen) atoms. The average Bonchev–Trinajstić information content (AvgIpc) is 2.99. The predicted octanol–water partition coefficient (Wildman–Crippen LogP) is 13.4. The third-order valence-electron chi connectivity index (χ3n) is 9.03. The fraction of sp³-hybridized carbons (Fsp3) is 0.850. The highest BCUT2D eigenvalue weighted by Crippen LogP contribution is 2.28. The molecule has 0 aliphatic heterocycles. The van der Waals surface area contributed by atoms with E-state index in [1.807, 2.05) is 11.8 Å². The Labute approximate surface area is 274 Å². The number of unbranched alkanes of at least 4 members (excludes halogenated alkanes) is 8. The third-order valence-corrected chi connectivity index (χ3v) is 10.2. The number of thioether (sulfide) groups is 1. The van der Waals surface area contributed by atoms with Gasteiger partial charge in [-0.15, -0.1) is 0 Å². The maximum atomic E-state index is 13.2. The summed E-state index contributed by atoms with van der Waals surface area (Å²) in [4.78, 5) is 24.3. The van der Waals surface area contributed by atoms with E-state index in [-0.39, 0.29) is 5.92 Å². The number of allylic oxidation sites excluding steroid dienone is 3. The number of Topliss-reactive ketones (excluding diaryl/α,β-unsaturated/α-hetero) is 2. The Hall–Kier alpha value is -0.830. The van der Waals surface area contributed by atoms with Crippen molar-refractivity contribution in [2.75, 3.05) is 11.5 Å². The first-order valence-corrected chi connectivity index (χ1v) is 20.0. The van der Waals surface area contributed by atoms with Crippen molar-refractivity contribution in [3.63, 3.8) is 0 Å². The van der Waals surface area contributed by atoms with Crippen molar-refractivity contribution >= 4 is 23.3 Å². The second-order valence-electron chi connectivity index (χ2n) is 13.3. The van der Waals surface area contributed by atoms with Crippen LogP contribution in [0.15, 0.2) is 23.8 Å². The van der Waals surface area contributed by atoms with Crippen molar-refractivity contribution in [1.82, 2.24) is 0 Å². The first-order valence-electron chi connectivity index (χ1n) is 18.8. The number of hydrogen-bond acceptors (Lipinski definition) is 3. The van der Waals surface area contributed by atoms with Gasteiger partial charge >= 0.3 is 0 Å². The molecule has 2 atom stereocenters. The molecule has 0 bridgehead atoms. The van der Waals surface area contributed by atoms with Crippen molar-refractivity contribution in [3.8, 4) is 0 Å². The monoisotopic (exact) mass is 619 g/mol. The zero-order chi connectivity index (χ0) is 32.0. The lowest BCUT2D eigenvalue weighted by atomic mass is 9.86. The molecule has 0 aromatic heterocycles. The molecule has 2 unspecified atom stereocenters. The van der Waals surface area contributed by atoms with E-state index in [1.54, 1.807) is 12.5 Å². The summed E-state index contributed by atoms with van der Waals surface area (Å²) >= 11 is 1.99. The van der Waals surface area contributed by atoms with Gasteiger partial charge in [0.15, 0.2) is 0 Å². The summed E-state index contributed by atoms with van der Waals surface area (Å²) < 4.78 is 0. The molecule has 0 aromatic rings. The van der Waals surface area contributed by atoms with E-state index < -0.39 is 0 Å². The van der Waals surface area contributed by atoms with Crippen molar-refractivity contribution in [1.29, 1.82) is 0 Å². The SMILES string of the molecule is C=C(CCCCC)C(CCC)CCCC/C(=C\CCC)CCCC(CCCCC)C(=O)CCCCSCCCCC(C)=O. The second kappa shape index (κ2) is 31.2. The van der Waals surface area contributed by atoms with Crippen LogP contribution in [0.1, 0.15) is 195 Å². The Morgan fingerprint density at radius 3 is 1.79 bits per heavy atom. The predicted molar refractivity (Wildman–Crippen MR) is 195 cm³/mol. The van der Waals surface area contributed by atoms with Crippen molar-refractivity contribution in [3.05, 3.63) is 23.8 Å². The van der Waals surface area contributed by atoms with Gasteiger partial charge in [0.05, 0.1) is 0 Å². The first-order chi connectivity index (χ1) is 20.9. The fourth-order valence-electron chi connectivity index (χ4n) is 6.20. The largest absolute Gasteiger partial charge is 0.300 e. The van der Waals surface area contributed by atoms with Gasteiger partial charge in [0.25, 0.3) is 0 Å². The summed E-state index contributed by atoms with van der Waals surface area (Å²) in [7, 11) is 0. The van der Waals surface area contributed by atoms with E-state index in [9.17, 15) is 9.59 Å². The van der Waals surface area contributed by atoms with Crippen LogP contribution in [-0.2, 0) is 9.59 Å². The molecule has 0 aromatic carbocycles. The van der Waals surface area contributed by atoms with Gasteiger partial charge in [0.2, 0.25) is 0 Å². The molecule has 0 heterocycles. The number of rotatable bonds is 33. The number of carbonyl (C=O) groups excluding carboxylic acids is 2. The van der Waals surface area contributed by atoms with Crippen LogP contribution in [0.4, 0.5) is 0 Å². The zero-order valence-electron chi connectivity index (χ0n) is 29.8. The highest BCUT2D eigenvalue weighted by atomic mass is 32.2. The van der Waals surface area contributed by atoms with Crippen LogP contribution in [0, 0.1) is 11.8 Å². The molecule has 0 aliphatic carbocycles. The second-order valence-corrected chi connectivity index (χ2v) is 14.5. The van der Waals surface area contributed by atoms with Gasteiger partial charge in [0, 0.05) is 18.8 Å². The molecule has 2 nitrogen and oxygen atoms in total. The van der Waals surface area contributed by atoms with E-state index in [2.05, 4.69) is 40.3 Å². The molecule has 0 spiro atoms. The van der Waals surface area contributed by atoms with Gasteiger partial charge in [-0.3, -0.25) is 4.79 Å². The van der Waals surface area contributed by atoms with E-state index >= 15 is 0 Å². The summed E-state index contributed by atoms with van der Waals surface area (Å²) in [6, 6.07) is 0. The minimum Gasteiger partial charge on any atom is -0.300 e. The highest BCUT2D eigenvalue weighted by molar-refractivity contribution is 7.99. The summed E-state index contributed by atoms with van der Waals surface area (Å²) in [5.74, 6) is 4.11. The topological polar surface area (TPSA) is 34.1 Å². The normalized spacial score (nSPS) is 13.3. The van der Waals surface area contributed by atoms with Gasteiger partial charge < -0.3 is 4.79 Å². The van der Waals surface area contributed by atoms with Crippen LogP contribution in [0.25, 0.3) is 0 Å². The third kappa shape index (κ3) is 26.1. The molecule has 0 radical (unpaired) electrons. The quantitative estimate of drug-likeness (QED) is 0.0542. The highest BCUT2D eigenvalue weighted by Gasteiger charge is 2.18. The van der Waals surface area contributed by atoms with E-state index in [0.717, 1.165) is 68.8 Å². The van der Waals surface area contributed by atoms with Gasteiger partial charge in [-0.05, 0) is 121 Å². The van der Waals surface area contributed by atoms with Gasteiger partial charge in [0.1, 0.15) is 11.6 Å². The number of hydrogen-bond donors (Lipinski definition) is 0. The molecule has 0 N–H and O–H groups in total. The maximum absolute atomic E-state index is 13.2. The van der Waals surface area contributed by atoms with E-state index in [1.165, 1.54) is 115 Å². The lowest BCUT2D eigenvalue weighted by Gasteiger charge is -2.19. The Balaban J connectivity index is 4.60. The zero-order valence-corrected chi connectivity index (χ0v) is 30.6. The van der Waals surface area contributed by atoms with Crippen LogP contribution >= 0.6 is 11.8 Å². The summed E-state index contributed by atoms with van der Waals surface area (Å²) in [6.45, 7) is 15.3. The van der Waals surface area contributed by atoms with Crippen LogP contribution in [-0.4, -0.2) is 23.1 Å². The van der Waals surface area contributed by atoms with E-state index in [0.29, 0.717) is 11.6 Å². The van der Waals surface area contributed by atoms with Gasteiger partial charge in [-0.1, -0.05) is 103 Å². The Morgan fingerprint density at radius 2 is 1.14 bits per heavy atom. The van der Waals surface area contributed by atoms with Crippen molar-refractivity contribution in [2.45, 2.75) is 195 Å². The maximum Gasteiger partial charge on any atom is 0.135 e. The lowest BCUT2D eigenvalue weighted by molar-refractivity contribution is -0.123. The summed E-state index contributed by atoms with van der Waals surface area (Å²) in [5.41, 5.74) is 3.16. The molecular formula is C40H74O2S. The van der Waals surface area contributed by atoms with Crippen LogP contribution in [0.5, 0.6) is 0 Å². The summed E-state index contributed by atoms with van der Waals surface area (Å²) in [6.07, 6.45) is 31.8. The lowest BCUT2D eigenvalue weighted by Crippen LogP contribution is -2.15. The summed E-state index contributed by atoms with van der Waals surface area (Å²) in [5, 5.41) is 0. The van der Waals surface area contributed by atoms with Crippen molar-refractivity contribution < 1.29 is 9.59 Å². The molecule has 252 valence electrons. The smallest absolute Gasteiger partial charge is 0.135 e. The van der Waals surface area contributed by atoms with Gasteiger partial charge in [-0.25, -0.2) is 0 Å². The standard InChI is InChI=1S/C40H74O2S/c1-7-11-14-24-35(5)38(23-10-4)29-17-16-27-37(26-13-9-3)28-22-31-39(30-15-12-8-2)40(42)32-19-21-34-43-33-20-18-25-36(6)41/h26,38-39H,5,7-25,27-34H2,1-4,6H3/b37-26+. The Bertz CT molecular complexity index is 709. The minimum atomic E-state index is 0.270. The molecule has 0 fully saturated rings. The minimum absolute atomic E-state index is 0.270. The van der Waals surface area contributed by atoms with Gasteiger partial charge in [-0.2, -0.15) is 11.8 Å². The molecule has 0 saturated heterocycles. The molecule has 0 aliphatic rings. The number of carbonyl (C=O) groups is 2. The van der Waals surface area contributed by atoms with Crippen LogP contribution < -0.4 is 0 Å². The van der Waals surface area contributed by atoms with Crippen molar-refractivity contribution in [2.24, 2.45) is 11.8 Å². The first kappa shape index (κ1) is 42.2. The van der Waals surface area contributed by atoms with E-state index in [4.69, 9.17) is 0 Å². The number of ketones is 2. The molecular weight excluding hydrogens is 545 g/mol. The molecule has 0 saturated carbocycles. The van der Waals surface area contributed by atoms with Crippen LogP contribution in [0.3, 0.4) is 0 Å². The molecule has 3 heteroatoms. The Kier molecular flexibility index (Phi) is 30.6. The molecule has 0 rings (SSSR count). The molecule has 0 amide bonds. The Morgan fingerprint density at radius 1 is 0.581 bits per heavy atom. The average molecular weight is 619 g/mol.